The summed E-state index contributed by atoms with van der Waals surface area (Å²) in [6.07, 6.45) is 4.93. The highest BCUT2D eigenvalue weighted by molar-refractivity contribution is 5.51. The third-order valence-corrected chi connectivity index (χ3v) is 3.38. The van der Waals surface area contributed by atoms with Crippen molar-refractivity contribution in [1.82, 2.24) is 15.3 Å². The lowest BCUT2D eigenvalue weighted by Gasteiger charge is -2.22. The SMILES string of the molecule is CCCNCc1cnccc1N(C)Cc1cccc(C)n1. The number of aromatic nitrogens is 2. The highest BCUT2D eigenvalue weighted by Gasteiger charge is 2.08. The normalized spacial score (nSPS) is 10.6. The molecule has 0 radical (unpaired) electrons. The lowest BCUT2D eigenvalue weighted by Crippen LogP contribution is -2.21. The quantitative estimate of drug-likeness (QED) is 0.794. The molecule has 0 spiro atoms. The minimum Gasteiger partial charge on any atom is -0.368 e. The molecule has 1 N–H and O–H groups in total. The summed E-state index contributed by atoms with van der Waals surface area (Å²) < 4.78 is 0. The van der Waals surface area contributed by atoms with Gasteiger partial charge in [0.05, 0.1) is 12.2 Å². The zero-order valence-electron chi connectivity index (χ0n) is 13.1. The summed E-state index contributed by atoms with van der Waals surface area (Å²) in [6, 6.07) is 8.22. The molecule has 2 rings (SSSR count). The minimum atomic E-state index is 0.798. The standard InChI is InChI=1S/C17H24N4/c1-4-9-18-11-15-12-19-10-8-17(15)21(3)13-16-7-5-6-14(2)20-16/h5-8,10,12,18H,4,9,11,13H2,1-3H3. The van der Waals surface area contributed by atoms with Gasteiger partial charge in [-0.05, 0) is 38.1 Å². The highest BCUT2D eigenvalue weighted by atomic mass is 15.1. The molecule has 0 saturated heterocycles. The maximum absolute atomic E-state index is 4.57. The molecule has 0 aliphatic rings. The molecule has 2 aromatic heterocycles. The Morgan fingerprint density at radius 3 is 2.86 bits per heavy atom. The van der Waals surface area contributed by atoms with Crippen molar-refractivity contribution in [1.29, 1.82) is 0 Å². The number of hydrogen-bond donors (Lipinski definition) is 1. The average molecular weight is 284 g/mol. The predicted molar refractivity (Wildman–Crippen MR) is 87.3 cm³/mol. The van der Waals surface area contributed by atoms with Crippen LogP contribution in [-0.2, 0) is 13.1 Å². The molecule has 2 aromatic rings. The van der Waals surface area contributed by atoms with Crippen LogP contribution in [0.3, 0.4) is 0 Å². The first kappa shape index (κ1) is 15.4. The van der Waals surface area contributed by atoms with E-state index in [4.69, 9.17) is 0 Å². The van der Waals surface area contributed by atoms with Gasteiger partial charge < -0.3 is 10.2 Å². The fraction of sp³-hybridized carbons (Fsp3) is 0.412. The van der Waals surface area contributed by atoms with Gasteiger partial charge in [-0.25, -0.2) is 0 Å². The van der Waals surface area contributed by atoms with Gasteiger partial charge in [0, 0.05) is 42.9 Å². The second-order valence-electron chi connectivity index (χ2n) is 5.31. The van der Waals surface area contributed by atoms with Crippen LogP contribution in [0.15, 0.2) is 36.7 Å². The van der Waals surface area contributed by atoms with Crippen LogP contribution in [0.4, 0.5) is 5.69 Å². The Kier molecular flexibility index (Phi) is 5.69. The molecule has 0 aromatic carbocycles. The molecular formula is C17H24N4. The Morgan fingerprint density at radius 1 is 1.24 bits per heavy atom. The molecule has 2 heterocycles. The molecule has 0 aliphatic heterocycles. The molecule has 112 valence electrons. The van der Waals surface area contributed by atoms with Gasteiger partial charge in [0.2, 0.25) is 0 Å². The third-order valence-electron chi connectivity index (χ3n) is 3.38. The monoisotopic (exact) mass is 284 g/mol. The second kappa shape index (κ2) is 7.74. The maximum atomic E-state index is 4.57. The zero-order valence-corrected chi connectivity index (χ0v) is 13.1. The van der Waals surface area contributed by atoms with Gasteiger partial charge in [0.25, 0.3) is 0 Å². The van der Waals surface area contributed by atoms with Crippen LogP contribution in [-0.4, -0.2) is 23.6 Å². The van der Waals surface area contributed by atoms with Crippen molar-refractivity contribution in [2.45, 2.75) is 33.4 Å². The summed E-state index contributed by atoms with van der Waals surface area (Å²) in [6.45, 7) is 6.87. The second-order valence-corrected chi connectivity index (χ2v) is 5.31. The Morgan fingerprint density at radius 2 is 2.10 bits per heavy atom. The van der Waals surface area contributed by atoms with Crippen molar-refractivity contribution in [2.75, 3.05) is 18.5 Å². The largest absolute Gasteiger partial charge is 0.368 e. The molecule has 21 heavy (non-hydrogen) atoms. The van der Waals surface area contributed by atoms with Crippen molar-refractivity contribution >= 4 is 5.69 Å². The van der Waals surface area contributed by atoms with E-state index in [0.29, 0.717) is 0 Å². The van der Waals surface area contributed by atoms with E-state index >= 15 is 0 Å². The number of nitrogens with one attached hydrogen (secondary N) is 1. The number of rotatable bonds is 7. The van der Waals surface area contributed by atoms with Gasteiger partial charge >= 0.3 is 0 Å². The summed E-state index contributed by atoms with van der Waals surface area (Å²) in [5.41, 5.74) is 4.57. The maximum Gasteiger partial charge on any atom is 0.0600 e. The van der Waals surface area contributed by atoms with Crippen molar-refractivity contribution in [3.8, 4) is 0 Å². The number of pyridine rings is 2. The Balaban J connectivity index is 2.09. The summed E-state index contributed by atoms with van der Waals surface area (Å²) in [4.78, 5) is 11.0. The van der Waals surface area contributed by atoms with E-state index in [9.17, 15) is 0 Å². The van der Waals surface area contributed by atoms with E-state index in [1.165, 1.54) is 11.3 Å². The van der Waals surface area contributed by atoms with Crippen LogP contribution in [0.1, 0.15) is 30.3 Å². The number of nitrogens with zero attached hydrogens (tertiary/aromatic N) is 3. The Bertz CT molecular complexity index is 568. The average Bonchev–Trinajstić information content (AvgIpc) is 2.48. The van der Waals surface area contributed by atoms with Crippen molar-refractivity contribution in [3.05, 3.63) is 53.6 Å². The fourth-order valence-corrected chi connectivity index (χ4v) is 2.34. The lowest BCUT2D eigenvalue weighted by molar-refractivity contribution is 0.672. The van der Waals surface area contributed by atoms with Crippen molar-refractivity contribution in [2.24, 2.45) is 0 Å². The van der Waals surface area contributed by atoms with Crippen LogP contribution in [0.2, 0.25) is 0 Å². The molecule has 0 bridgehead atoms. The van der Waals surface area contributed by atoms with Gasteiger partial charge in [0.1, 0.15) is 0 Å². The lowest BCUT2D eigenvalue weighted by atomic mass is 10.2. The molecule has 0 unspecified atom stereocenters. The van der Waals surface area contributed by atoms with Gasteiger partial charge in [-0.15, -0.1) is 0 Å². The molecule has 0 atom stereocenters. The zero-order chi connectivity index (χ0) is 15.1. The van der Waals surface area contributed by atoms with E-state index in [2.05, 4.69) is 52.4 Å². The molecule has 0 saturated carbocycles. The first-order valence-corrected chi connectivity index (χ1v) is 7.48. The molecule has 4 heteroatoms. The number of anilines is 1. The van der Waals surface area contributed by atoms with Crippen molar-refractivity contribution in [3.63, 3.8) is 0 Å². The van der Waals surface area contributed by atoms with E-state index < -0.39 is 0 Å². The van der Waals surface area contributed by atoms with E-state index in [-0.39, 0.29) is 0 Å². The van der Waals surface area contributed by atoms with Crippen LogP contribution in [0.25, 0.3) is 0 Å². The summed E-state index contributed by atoms with van der Waals surface area (Å²) in [5, 5.41) is 3.44. The van der Waals surface area contributed by atoms with Crippen LogP contribution in [0, 0.1) is 6.92 Å². The molecule has 0 fully saturated rings. The summed E-state index contributed by atoms with van der Waals surface area (Å²) >= 11 is 0. The summed E-state index contributed by atoms with van der Waals surface area (Å²) in [7, 11) is 2.10. The number of hydrogen-bond acceptors (Lipinski definition) is 4. The Hall–Kier alpha value is -1.94. The van der Waals surface area contributed by atoms with Gasteiger partial charge in [-0.3, -0.25) is 9.97 Å². The van der Waals surface area contributed by atoms with Crippen LogP contribution >= 0.6 is 0 Å². The first-order valence-electron chi connectivity index (χ1n) is 7.48. The minimum absolute atomic E-state index is 0.798. The van der Waals surface area contributed by atoms with Crippen LogP contribution in [0.5, 0.6) is 0 Å². The predicted octanol–water partition coefficient (Wildman–Crippen LogP) is 2.92. The van der Waals surface area contributed by atoms with Gasteiger partial charge in [-0.2, -0.15) is 0 Å². The highest BCUT2D eigenvalue weighted by Crippen LogP contribution is 2.19. The van der Waals surface area contributed by atoms with Gasteiger partial charge in [0.15, 0.2) is 0 Å². The molecular weight excluding hydrogens is 260 g/mol. The molecule has 0 amide bonds. The van der Waals surface area contributed by atoms with E-state index in [1.54, 1.807) is 0 Å². The number of aryl methyl sites for hydroxylation is 1. The fourth-order valence-electron chi connectivity index (χ4n) is 2.34. The van der Waals surface area contributed by atoms with Crippen LogP contribution < -0.4 is 10.2 Å². The first-order chi connectivity index (χ1) is 10.2. The summed E-state index contributed by atoms with van der Waals surface area (Å²) in [5.74, 6) is 0. The topological polar surface area (TPSA) is 41.1 Å². The van der Waals surface area contributed by atoms with E-state index in [1.807, 2.05) is 25.4 Å². The van der Waals surface area contributed by atoms with Crippen molar-refractivity contribution < 1.29 is 0 Å². The molecule has 0 aliphatic carbocycles. The Labute approximate surface area is 127 Å². The smallest absolute Gasteiger partial charge is 0.0600 e. The third kappa shape index (κ3) is 4.53. The van der Waals surface area contributed by atoms with Gasteiger partial charge in [-0.1, -0.05) is 13.0 Å². The van der Waals surface area contributed by atoms with E-state index in [0.717, 1.165) is 37.4 Å². The molecule has 4 nitrogen and oxygen atoms in total.